The molecule has 1 aromatic carbocycles. The highest BCUT2D eigenvalue weighted by molar-refractivity contribution is 9.10. The molecule has 0 unspecified atom stereocenters. The molecule has 0 spiro atoms. The van der Waals surface area contributed by atoms with Gasteiger partial charge in [0.05, 0.1) is 37.1 Å². The average molecular weight is 454 g/mol. The van der Waals surface area contributed by atoms with Crippen molar-refractivity contribution < 1.29 is 28.6 Å². The maximum absolute atomic E-state index is 13.3. The molecule has 0 N–H and O–H groups in total. The second-order valence-electron chi connectivity index (χ2n) is 6.15. The maximum Gasteiger partial charge on any atom is 0.414 e. The topological polar surface area (TPSA) is 82.1 Å². The number of carbonyl (C=O) groups excluding carboxylic acids is 3. The molecule has 0 bridgehead atoms. The number of allylic oxidation sites excluding steroid dienone is 1. The van der Waals surface area contributed by atoms with Crippen molar-refractivity contribution in [3.63, 3.8) is 0 Å². The molecule has 2 rings (SSSR count). The van der Waals surface area contributed by atoms with E-state index in [9.17, 15) is 14.4 Å². The Hall–Kier alpha value is -2.35. The molecule has 1 amide bonds. The molecule has 28 heavy (non-hydrogen) atoms. The van der Waals surface area contributed by atoms with E-state index in [2.05, 4.69) is 15.9 Å². The van der Waals surface area contributed by atoms with E-state index in [1.165, 1.54) is 25.4 Å². The molecule has 1 saturated carbocycles. The summed E-state index contributed by atoms with van der Waals surface area (Å²) in [5, 5.41) is 0. The SMILES string of the molecule is CCO/C=C(\C(=O)c1ccc(Br)c(OC)c1N(CC)C(=O)OC)C(=O)C1CC1. The van der Waals surface area contributed by atoms with E-state index in [1.54, 1.807) is 26.0 Å². The molecule has 0 radical (unpaired) electrons. The monoisotopic (exact) mass is 453 g/mol. The number of hydrogen-bond donors (Lipinski definition) is 0. The van der Waals surface area contributed by atoms with Crippen LogP contribution in [0.15, 0.2) is 28.4 Å². The first-order valence-electron chi connectivity index (χ1n) is 9.03. The Bertz CT molecular complexity index is 800. The maximum atomic E-state index is 13.3. The van der Waals surface area contributed by atoms with Crippen LogP contribution in [-0.4, -0.2) is 45.0 Å². The fourth-order valence-electron chi connectivity index (χ4n) is 2.78. The Kier molecular flexibility index (Phi) is 7.62. The smallest absolute Gasteiger partial charge is 0.414 e. The number of anilines is 1. The van der Waals surface area contributed by atoms with E-state index in [-0.39, 0.29) is 35.1 Å². The Morgan fingerprint density at radius 2 is 1.89 bits per heavy atom. The summed E-state index contributed by atoms with van der Waals surface area (Å²) >= 11 is 3.38. The number of benzene rings is 1. The zero-order valence-electron chi connectivity index (χ0n) is 16.4. The van der Waals surface area contributed by atoms with Gasteiger partial charge in [0, 0.05) is 12.5 Å². The van der Waals surface area contributed by atoms with Crippen molar-refractivity contribution in [1.29, 1.82) is 0 Å². The second kappa shape index (κ2) is 9.73. The van der Waals surface area contributed by atoms with Gasteiger partial charge in [-0.05, 0) is 54.8 Å². The molecule has 0 heterocycles. The summed E-state index contributed by atoms with van der Waals surface area (Å²) in [5.41, 5.74) is 0.366. The molecule has 0 aromatic heterocycles. The van der Waals surface area contributed by atoms with Gasteiger partial charge in [0.2, 0.25) is 5.78 Å². The van der Waals surface area contributed by atoms with Gasteiger partial charge in [-0.15, -0.1) is 0 Å². The fourth-order valence-corrected chi connectivity index (χ4v) is 3.26. The zero-order chi connectivity index (χ0) is 20.8. The van der Waals surface area contributed by atoms with Crippen molar-refractivity contribution in [3.05, 3.63) is 34.0 Å². The summed E-state index contributed by atoms with van der Waals surface area (Å²) in [7, 11) is 2.70. The average Bonchev–Trinajstić information content (AvgIpc) is 3.53. The number of methoxy groups -OCH3 is 2. The first kappa shape index (κ1) is 21.9. The number of amides is 1. The third kappa shape index (κ3) is 4.55. The number of rotatable bonds is 9. The number of hydrogen-bond acceptors (Lipinski definition) is 6. The first-order valence-corrected chi connectivity index (χ1v) is 9.83. The van der Waals surface area contributed by atoms with E-state index < -0.39 is 11.9 Å². The molecule has 1 aliphatic carbocycles. The van der Waals surface area contributed by atoms with E-state index >= 15 is 0 Å². The van der Waals surface area contributed by atoms with Gasteiger partial charge in [-0.2, -0.15) is 0 Å². The van der Waals surface area contributed by atoms with Crippen LogP contribution in [-0.2, 0) is 14.3 Å². The molecular weight excluding hydrogens is 430 g/mol. The van der Waals surface area contributed by atoms with E-state index in [0.717, 1.165) is 12.8 Å². The Labute approximate surface area is 172 Å². The Balaban J connectivity index is 2.63. The lowest BCUT2D eigenvalue weighted by Crippen LogP contribution is -2.32. The summed E-state index contributed by atoms with van der Waals surface area (Å²) in [6.45, 7) is 4.08. The lowest BCUT2D eigenvalue weighted by atomic mass is 9.96. The molecular formula is C20H24BrNO6. The quantitative estimate of drug-likeness (QED) is 0.184. The van der Waals surface area contributed by atoms with Gasteiger partial charge in [-0.25, -0.2) is 4.79 Å². The summed E-state index contributed by atoms with van der Waals surface area (Å²) in [4.78, 5) is 39.6. The minimum absolute atomic E-state index is 0.0316. The van der Waals surface area contributed by atoms with Gasteiger partial charge in [0.1, 0.15) is 11.3 Å². The third-order valence-electron chi connectivity index (χ3n) is 4.34. The van der Waals surface area contributed by atoms with Gasteiger partial charge in [-0.3, -0.25) is 14.5 Å². The normalized spacial score (nSPS) is 13.7. The summed E-state index contributed by atoms with van der Waals surface area (Å²) in [6, 6.07) is 3.19. The second-order valence-corrected chi connectivity index (χ2v) is 7.00. The van der Waals surface area contributed by atoms with Crippen molar-refractivity contribution in [3.8, 4) is 5.75 Å². The number of halogens is 1. The van der Waals surface area contributed by atoms with Crippen molar-refractivity contribution in [2.45, 2.75) is 26.7 Å². The predicted molar refractivity (Wildman–Crippen MR) is 108 cm³/mol. The Morgan fingerprint density at radius 3 is 2.39 bits per heavy atom. The molecule has 8 heteroatoms. The molecule has 0 saturated heterocycles. The number of carbonyl (C=O) groups is 3. The van der Waals surface area contributed by atoms with Crippen LogP contribution in [0.3, 0.4) is 0 Å². The van der Waals surface area contributed by atoms with E-state index in [0.29, 0.717) is 16.8 Å². The molecule has 0 aliphatic heterocycles. The predicted octanol–water partition coefficient (Wildman–Crippen LogP) is 4.13. The standard InChI is InChI=1S/C20H24BrNO6/c1-5-22(20(25)27-4)16-13(9-10-15(21)19(16)26-3)18(24)14(11-28-6-2)17(23)12-7-8-12/h9-12H,5-8H2,1-4H3/b14-11-. The van der Waals surface area contributed by atoms with E-state index in [4.69, 9.17) is 14.2 Å². The highest BCUT2D eigenvalue weighted by Crippen LogP contribution is 2.41. The van der Waals surface area contributed by atoms with Gasteiger partial charge in [0.25, 0.3) is 0 Å². The van der Waals surface area contributed by atoms with Crippen molar-refractivity contribution in [2.24, 2.45) is 5.92 Å². The lowest BCUT2D eigenvalue weighted by molar-refractivity contribution is -0.116. The van der Waals surface area contributed by atoms with Crippen LogP contribution in [0.2, 0.25) is 0 Å². The Morgan fingerprint density at radius 1 is 1.21 bits per heavy atom. The van der Waals surface area contributed by atoms with Gasteiger partial charge in [-0.1, -0.05) is 0 Å². The van der Waals surface area contributed by atoms with Crippen LogP contribution < -0.4 is 9.64 Å². The third-order valence-corrected chi connectivity index (χ3v) is 4.96. The van der Waals surface area contributed by atoms with E-state index in [1.807, 2.05) is 0 Å². The van der Waals surface area contributed by atoms with Gasteiger partial charge >= 0.3 is 6.09 Å². The minimum atomic E-state index is -0.642. The van der Waals surface area contributed by atoms with Crippen molar-refractivity contribution in [2.75, 3.05) is 32.3 Å². The summed E-state index contributed by atoms with van der Waals surface area (Å²) < 4.78 is 16.1. The number of ketones is 2. The number of nitrogens with zero attached hydrogens (tertiary/aromatic N) is 1. The minimum Gasteiger partial charge on any atom is -0.501 e. The molecule has 152 valence electrons. The van der Waals surface area contributed by atoms with Crippen LogP contribution in [0.25, 0.3) is 0 Å². The first-order chi connectivity index (χ1) is 13.4. The van der Waals surface area contributed by atoms with Crippen LogP contribution >= 0.6 is 15.9 Å². The molecule has 0 atom stereocenters. The van der Waals surface area contributed by atoms with Crippen LogP contribution in [0.5, 0.6) is 5.75 Å². The highest BCUT2D eigenvalue weighted by Gasteiger charge is 2.37. The van der Waals surface area contributed by atoms with Gasteiger partial charge < -0.3 is 14.2 Å². The molecule has 1 aliphatic rings. The van der Waals surface area contributed by atoms with Gasteiger partial charge in [0.15, 0.2) is 11.5 Å². The summed E-state index contributed by atoms with van der Waals surface area (Å²) in [6.07, 6.45) is 2.09. The number of ether oxygens (including phenoxy) is 3. The zero-order valence-corrected chi connectivity index (χ0v) is 18.0. The molecule has 1 fully saturated rings. The van der Waals surface area contributed by atoms with Crippen LogP contribution in [0, 0.1) is 5.92 Å². The fraction of sp³-hybridized carbons (Fsp3) is 0.450. The van der Waals surface area contributed by atoms with Crippen molar-refractivity contribution in [1.82, 2.24) is 0 Å². The van der Waals surface area contributed by atoms with Crippen LogP contribution in [0.1, 0.15) is 37.0 Å². The largest absolute Gasteiger partial charge is 0.501 e. The van der Waals surface area contributed by atoms with Crippen LogP contribution in [0.4, 0.5) is 10.5 Å². The lowest BCUT2D eigenvalue weighted by Gasteiger charge is -2.25. The molecule has 7 nitrogen and oxygen atoms in total. The van der Waals surface area contributed by atoms with Crippen molar-refractivity contribution >= 4 is 39.3 Å². The summed E-state index contributed by atoms with van der Waals surface area (Å²) in [5.74, 6) is -0.618. The molecule has 1 aromatic rings. The number of Topliss-reactive ketones (excluding diaryl/α,β-unsaturated/α-hetero) is 2. The highest BCUT2D eigenvalue weighted by atomic mass is 79.9.